The van der Waals surface area contributed by atoms with E-state index in [1.165, 1.54) is 6.07 Å². The molecule has 2 fully saturated rings. The van der Waals surface area contributed by atoms with Crippen LogP contribution in [0.3, 0.4) is 0 Å². The first-order chi connectivity index (χ1) is 14.7. The summed E-state index contributed by atoms with van der Waals surface area (Å²) in [7, 11) is 1.79. The van der Waals surface area contributed by atoms with Crippen LogP contribution < -0.4 is 10.6 Å². The topological polar surface area (TPSA) is 73.9 Å². The van der Waals surface area contributed by atoms with Crippen molar-refractivity contribution in [1.82, 2.24) is 20.5 Å². The fourth-order valence-electron chi connectivity index (χ4n) is 4.45. The van der Waals surface area contributed by atoms with Gasteiger partial charge in [0, 0.05) is 68.9 Å². The van der Waals surface area contributed by atoms with Gasteiger partial charge < -0.3 is 25.1 Å². The lowest BCUT2D eigenvalue weighted by Crippen LogP contribution is -2.53. The number of fused-ring (bicyclic) bond motifs is 1. The number of guanidine groups is 1. The summed E-state index contributed by atoms with van der Waals surface area (Å²) in [5, 5.41) is 7.83. The second kappa shape index (κ2) is 10.2. The van der Waals surface area contributed by atoms with E-state index in [4.69, 9.17) is 9.47 Å². The molecule has 4 rings (SSSR count). The maximum atomic E-state index is 13.6. The van der Waals surface area contributed by atoms with Crippen molar-refractivity contribution in [3.63, 3.8) is 0 Å². The van der Waals surface area contributed by atoms with E-state index in [2.05, 4.69) is 25.5 Å². The molecule has 3 heterocycles. The van der Waals surface area contributed by atoms with Gasteiger partial charge in [-0.3, -0.25) is 9.89 Å². The highest BCUT2D eigenvalue weighted by Crippen LogP contribution is 2.22. The highest BCUT2D eigenvalue weighted by Gasteiger charge is 2.31. The molecule has 0 saturated carbocycles. The molecule has 0 radical (unpaired) electrons. The third-order valence-electron chi connectivity index (χ3n) is 6.14. The van der Waals surface area contributed by atoms with Gasteiger partial charge in [-0.2, -0.15) is 0 Å². The maximum absolute atomic E-state index is 13.6. The van der Waals surface area contributed by atoms with Crippen LogP contribution in [0.1, 0.15) is 12.0 Å². The van der Waals surface area contributed by atoms with Gasteiger partial charge in [-0.05, 0) is 36.6 Å². The number of nitrogens with zero attached hydrogens (tertiary/aromatic N) is 2. The third-order valence-corrected chi connectivity index (χ3v) is 6.14. The van der Waals surface area contributed by atoms with Crippen molar-refractivity contribution in [2.24, 2.45) is 10.9 Å². The number of aliphatic imine (C=N–C) groups is 1. The third kappa shape index (κ3) is 5.11. The minimum atomic E-state index is -0.209. The van der Waals surface area contributed by atoms with Gasteiger partial charge in [0.05, 0.1) is 19.8 Å². The number of H-pyrrole nitrogens is 1. The number of aromatic nitrogens is 1. The van der Waals surface area contributed by atoms with Gasteiger partial charge in [0.1, 0.15) is 5.82 Å². The molecule has 0 amide bonds. The number of morpholine rings is 1. The Labute approximate surface area is 177 Å². The summed E-state index contributed by atoms with van der Waals surface area (Å²) in [6, 6.07) is 5.25. The van der Waals surface area contributed by atoms with Crippen molar-refractivity contribution in [2.75, 3.05) is 59.7 Å². The van der Waals surface area contributed by atoms with Crippen LogP contribution >= 0.6 is 0 Å². The minimum Gasteiger partial charge on any atom is -0.381 e. The maximum Gasteiger partial charge on any atom is 0.191 e. The number of benzene rings is 1. The average Bonchev–Trinajstić information content (AvgIpc) is 3.44. The lowest BCUT2D eigenvalue weighted by molar-refractivity contribution is 0.00247. The zero-order valence-electron chi connectivity index (χ0n) is 17.6. The Kier molecular flexibility index (Phi) is 7.20. The van der Waals surface area contributed by atoms with Crippen LogP contribution in [0.2, 0.25) is 0 Å². The van der Waals surface area contributed by atoms with Crippen molar-refractivity contribution in [3.8, 4) is 0 Å². The summed E-state index contributed by atoms with van der Waals surface area (Å²) in [5.74, 6) is 1.12. The van der Waals surface area contributed by atoms with Crippen molar-refractivity contribution in [3.05, 3.63) is 35.8 Å². The Morgan fingerprint density at radius 2 is 2.13 bits per heavy atom. The molecule has 2 saturated heterocycles. The number of rotatable bonds is 7. The monoisotopic (exact) mass is 417 g/mol. The van der Waals surface area contributed by atoms with Gasteiger partial charge in [0.2, 0.25) is 0 Å². The molecule has 1 aromatic heterocycles. The first kappa shape index (κ1) is 21.1. The molecule has 0 bridgehead atoms. The fraction of sp³-hybridized carbons (Fsp3) is 0.591. The number of halogens is 1. The van der Waals surface area contributed by atoms with E-state index >= 15 is 0 Å². The molecular formula is C22H32FN5O2. The molecular weight excluding hydrogens is 385 g/mol. The van der Waals surface area contributed by atoms with Crippen molar-refractivity contribution >= 4 is 16.9 Å². The van der Waals surface area contributed by atoms with Crippen LogP contribution in [-0.2, 0) is 15.9 Å². The van der Waals surface area contributed by atoms with Gasteiger partial charge >= 0.3 is 0 Å². The summed E-state index contributed by atoms with van der Waals surface area (Å²) in [6.07, 6.45) is 3.84. The van der Waals surface area contributed by atoms with Gasteiger partial charge in [-0.25, -0.2) is 4.39 Å². The van der Waals surface area contributed by atoms with E-state index in [1.54, 1.807) is 19.2 Å². The molecule has 164 valence electrons. The molecule has 7 nitrogen and oxygen atoms in total. The van der Waals surface area contributed by atoms with Crippen LogP contribution in [0.15, 0.2) is 29.4 Å². The lowest BCUT2D eigenvalue weighted by atomic mass is 9.97. The van der Waals surface area contributed by atoms with Crippen LogP contribution in [0.5, 0.6) is 0 Å². The van der Waals surface area contributed by atoms with Crippen LogP contribution in [0, 0.1) is 11.7 Å². The molecule has 2 aliphatic rings. The minimum absolute atomic E-state index is 0.209. The summed E-state index contributed by atoms with van der Waals surface area (Å²) in [5.41, 5.74) is 2.06. The summed E-state index contributed by atoms with van der Waals surface area (Å²) < 4.78 is 24.8. The van der Waals surface area contributed by atoms with E-state index in [0.29, 0.717) is 12.0 Å². The van der Waals surface area contributed by atoms with E-state index in [0.717, 1.165) is 87.9 Å². The van der Waals surface area contributed by atoms with Crippen molar-refractivity contribution < 1.29 is 13.9 Å². The van der Waals surface area contributed by atoms with Crippen LogP contribution in [0.4, 0.5) is 4.39 Å². The van der Waals surface area contributed by atoms with E-state index < -0.39 is 0 Å². The number of ether oxygens (including phenoxy) is 2. The zero-order chi connectivity index (χ0) is 20.8. The van der Waals surface area contributed by atoms with Crippen molar-refractivity contribution in [2.45, 2.75) is 18.9 Å². The molecule has 1 aromatic carbocycles. The molecule has 0 spiro atoms. The quantitative estimate of drug-likeness (QED) is 0.473. The smallest absolute Gasteiger partial charge is 0.191 e. The largest absolute Gasteiger partial charge is 0.381 e. The summed E-state index contributed by atoms with van der Waals surface area (Å²) >= 11 is 0. The Morgan fingerprint density at radius 1 is 1.27 bits per heavy atom. The highest BCUT2D eigenvalue weighted by atomic mass is 19.1. The molecule has 2 atom stereocenters. The normalized spacial score (nSPS) is 21.8. The predicted molar refractivity (Wildman–Crippen MR) is 116 cm³/mol. The SMILES string of the molecule is CN=C(NCCc1c[nH]c2ccc(F)cc12)NCC(C1CCOC1)N1CCOCC1. The van der Waals surface area contributed by atoms with Gasteiger partial charge in [-0.1, -0.05) is 0 Å². The zero-order valence-corrected chi connectivity index (χ0v) is 17.6. The fourth-order valence-corrected chi connectivity index (χ4v) is 4.45. The molecule has 0 aliphatic carbocycles. The van der Waals surface area contributed by atoms with E-state index in [1.807, 2.05) is 6.20 Å². The highest BCUT2D eigenvalue weighted by molar-refractivity contribution is 5.83. The van der Waals surface area contributed by atoms with Gasteiger partial charge in [-0.15, -0.1) is 0 Å². The molecule has 2 aliphatic heterocycles. The average molecular weight is 418 g/mol. The van der Waals surface area contributed by atoms with Gasteiger partial charge in [0.25, 0.3) is 0 Å². The Morgan fingerprint density at radius 3 is 2.90 bits per heavy atom. The number of aromatic amines is 1. The Bertz CT molecular complexity index is 843. The summed E-state index contributed by atoms with van der Waals surface area (Å²) in [6.45, 7) is 6.74. The van der Waals surface area contributed by atoms with Crippen LogP contribution in [-0.4, -0.2) is 81.5 Å². The van der Waals surface area contributed by atoms with Crippen molar-refractivity contribution in [1.29, 1.82) is 0 Å². The first-order valence-electron chi connectivity index (χ1n) is 10.8. The molecule has 2 aromatic rings. The number of hydrogen-bond donors (Lipinski definition) is 3. The first-order valence-corrected chi connectivity index (χ1v) is 10.8. The molecule has 2 unspecified atom stereocenters. The summed E-state index contributed by atoms with van der Waals surface area (Å²) in [4.78, 5) is 10.1. The molecule has 3 N–H and O–H groups in total. The second-order valence-electron chi connectivity index (χ2n) is 7.97. The number of hydrogen-bond acceptors (Lipinski definition) is 4. The Balaban J connectivity index is 1.30. The van der Waals surface area contributed by atoms with Gasteiger partial charge in [0.15, 0.2) is 5.96 Å². The molecule has 30 heavy (non-hydrogen) atoms. The number of nitrogens with one attached hydrogen (secondary N) is 3. The van der Waals surface area contributed by atoms with E-state index in [-0.39, 0.29) is 5.82 Å². The molecule has 8 heteroatoms. The van der Waals surface area contributed by atoms with Crippen LogP contribution in [0.25, 0.3) is 10.9 Å². The standard InChI is InChI=1S/C22H32FN5O2/c1-24-22(25-6-4-16-13-26-20-3-2-18(23)12-19(16)20)27-14-21(17-5-9-30-15-17)28-7-10-29-11-8-28/h2-3,12-13,17,21,26H,4-11,14-15H2,1H3,(H2,24,25,27). The predicted octanol–water partition coefficient (Wildman–Crippen LogP) is 1.75. The Hall–Kier alpha value is -2.16. The second-order valence-corrected chi connectivity index (χ2v) is 7.97. The van der Waals surface area contributed by atoms with E-state index in [9.17, 15) is 4.39 Å². The lowest BCUT2D eigenvalue weighted by Gasteiger charge is -2.37.